The number of piperidine rings is 1. The Bertz CT molecular complexity index is 918. The van der Waals surface area contributed by atoms with Gasteiger partial charge in [0, 0.05) is 44.8 Å². The summed E-state index contributed by atoms with van der Waals surface area (Å²) in [5, 5.41) is 17.8. The number of amides is 1. The van der Waals surface area contributed by atoms with Gasteiger partial charge in [-0.25, -0.2) is 9.67 Å². The van der Waals surface area contributed by atoms with Crippen molar-refractivity contribution in [3.05, 3.63) is 78.2 Å². The monoisotopic (exact) mass is 421 g/mol. The Balaban J connectivity index is 0.00000132. The molecule has 1 aliphatic rings. The summed E-state index contributed by atoms with van der Waals surface area (Å²) in [7, 11) is 0. The van der Waals surface area contributed by atoms with E-state index >= 15 is 0 Å². The third kappa shape index (κ3) is 5.99. The number of benzene rings is 1. The van der Waals surface area contributed by atoms with E-state index in [4.69, 9.17) is 0 Å². The van der Waals surface area contributed by atoms with Crippen LogP contribution in [0.15, 0.2) is 67.1 Å². The number of aliphatic hydroxyl groups is 1. The summed E-state index contributed by atoms with van der Waals surface area (Å²) in [6, 6.07) is 15.8. The molecule has 1 aliphatic heterocycles. The predicted octanol–water partition coefficient (Wildman–Crippen LogP) is 2.94. The van der Waals surface area contributed by atoms with Crippen LogP contribution in [0.2, 0.25) is 0 Å². The van der Waals surface area contributed by atoms with Gasteiger partial charge in [0.25, 0.3) is 5.91 Å². The Morgan fingerprint density at radius 2 is 1.81 bits per heavy atom. The Kier molecular flexibility index (Phi) is 7.92. The van der Waals surface area contributed by atoms with Crippen molar-refractivity contribution < 1.29 is 9.90 Å². The minimum atomic E-state index is -1.31. The third-order valence-electron chi connectivity index (χ3n) is 5.36. The molecule has 0 atom stereocenters. The van der Waals surface area contributed by atoms with E-state index in [0.29, 0.717) is 32.5 Å². The molecule has 31 heavy (non-hydrogen) atoms. The minimum Gasteiger partial charge on any atom is -0.380 e. The lowest BCUT2D eigenvalue weighted by Gasteiger charge is -2.37. The molecule has 1 aromatic carbocycles. The number of rotatable bonds is 6. The highest BCUT2D eigenvalue weighted by atomic mass is 16.3. The van der Waals surface area contributed by atoms with E-state index in [0.717, 1.165) is 17.9 Å². The average Bonchev–Trinajstić information content (AvgIpc) is 3.36. The molecule has 3 aromatic rings. The molecule has 1 amide bonds. The lowest BCUT2D eigenvalue weighted by molar-refractivity contribution is -0.145. The fraction of sp³-hybridized carbons (Fsp3) is 0.375. The van der Waals surface area contributed by atoms with Crippen LogP contribution in [0.1, 0.15) is 37.8 Å². The van der Waals surface area contributed by atoms with Gasteiger partial charge in [-0.2, -0.15) is 5.10 Å². The number of pyridine rings is 1. The van der Waals surface area contributed by atoms with Gasteiger partial charge in [-0.1, -0.05) is 50.2 Å². The van der Waals surface area contributed by atoms with Gasteiger partial charge in [0.1, 0.15) is 5.60 Å². The SMILES string of the molecule is CC.O=C(NCc1ccc(-n2cccn2)nc1)C1(O)CCN(Cc2ccccc2)CC1. The normalized spacial score (nSPS) is 15.6. The number of carbonyl (C=O) groups excluding carboxylic acids is 1. The first kappa shape index (κ1) is 22.7. The number of likely N-dealkylation sites (tertiary alicyclic amines) is 1. The Morgan fingerprint density at radius 1 is 1.06 bits per heavy atom. The molecule has 0 bridgehead atoms. The largest absolute Gasteiger partial charge is 0.380 e. The van der Waals surface area contributed by atoms with Crippen molar-refractivity contribution in [1.29, 1.82) is 0 Å². The van der Waals surface area contributed by atoms with Crippen LogP contribution in [0.3, 0.4) is 0 Å². The second-order valence-electron chi connectivity index (χ2n) is 7.45. The maximum Gasteiger partial charge on any atom is 0.252 e. The molecule has 1 saturated heterocycles. The lowest BCUT2D eigenvalue weighted by atomic mass is 9.90. The van der Waals surface area contributed by atoms with Crippen LogP contribution in [-0.4, -0.2) is 49.4 Å². The first-order valence-corrected chi connectivity index (χ1v) is 10.8. The molecule has 2 N–H and O–H groups in total. The van der Waals surface area contributed by atoms with Gasteiger partial charge in [0.15, 0.2) is 5.82 Å². The summed E-state index contributed by atoms with van der Waals surface area (Å²) in [6.07, 6.45) is 6.10. The number of hydrogen-bond acceptors (Lipinski definition) is 5. The molecule has 7 heteroatoms. The van der Waals surface area contributed by atoms with E-state index < -0.39 is 5.60 Å². The van der Waals surface area contributed by atoms with Crippen LogP contribution in [0.25, 0.3) is 5.82 Å². The average molecular weight is 422 g/mol. The molecule has 4 rings (SSSR count). The molecule has 2 aromatic heterocycles. The molecule has 164 valence electrons. The molecule has 0 saturated carbocycles. The maximum atomic E-state index is 12.6. The molecule has 0 unspecified atom stereocenters. The third-order valence-corrected chi connectivity index (χ3v) is 5.36. The van der Waals surface area contributed by atoms with Crippen LogP contribution in [0.5, 0.6) is 0 Å². The van der Waals surface area contributed by atoms with Crippen LogP contribution < -0.4 is 5.32 Å². The molecular formula is C24H31N5O2. The second kappa shape index (κ2) is 10.8. The topological polar surface area (TPSA) is 83.3 Å². The van der Waals surface area contributed by atoms with E-state index in [9.17, 15) is 9.90 Å². The summed E-state index contributed by atoms with van der Waals surface area (Å²) < 4.78 is 1.67. The first-order valence-electron chi connectivity index (χ1n) is 10.8. The Hall–Kier alpha value is -3.03. The van der Waals surface area contributed by atoms with E-state index in [1.165, 1.54) is 5.56 Å². The van der Waals surface area contributed by atoms with Crippen LogP contribution >= 0.6 is 0 Å². The van der Waals surface area contributed by atoms with Gasteiger partial charge in [-0.15, -0.1) is 0 Å². The molecule has 0 spiro atoms. The van der Waals surface area contributed by atoms with Crippen molar-refractivity contribution in [3.8, 4) is 5.82 Å². The van der Waals surface area contributed by atoms with Crippen LogP contribution in [0, 0.1) is 0 Å². The molecule has 0 aliphatic carbocycles. The number of hydrogen-bond donors (Lipinski definition) is 2. The maximum absolute atomic E-state index is 12.6. The lowest BCUT2D eigenvalue weighted by Crippen LogP contribution is -2.53. The summed E-state index contributed by atoms with van der Waals surface area (Å²) in [6.45, 7) is 6.56. The number of carbonyl (C=O) groups is 1. The number of aromatic nitrogens is 3. The standard InChI is InChI=1S/C22H25N5O2.C2H6/c28-21(24-16-19-7-8-20(23-15-19)27-12-4-11-25-27)22(29)9-13-26(14-10-22)17-18-5-2-1-3-6-18;1-2/h1-8,11-12,15,29H,9-10,13-14,16-17H2,(H,24,28);1-2H3. The first-order chi connectivity index (χ1) is 15.1. The zero-order valence-corrected chi connectivity index (χ0v) is 18.2. The van der Waals surface area contributed by atoms with Crippen molar-refractivity contribution in [3.63, 3.8) is 0 Å². The van der Waals surface area contributed by atoms with Crippen molar-refractivity contribution in [1.82, 2.24) is 25.0 Å². The Morgan fingerprint density at radius 3 is 2.42 bits per heavy atom. The van der Waals surface area contributed by atoms with Crippen molar-refractivity contribution in [2.24, 2.45) is 0 Å². The number of nitrogens with zero attached hydrogens (tertiary/aromatic N) is 4. The minimum absolute atomic E-state index is 0.312. The molecular weight excluding hydrogens is 390 g/mol. The van der Waals surface area contributed by atoms with Gasteiger partial charge in [-0.05, 0) is 36.1 Å². The molecule has 0 radical (unpaired) electrons. The van der Waals surface area contributed by atoms with E-state index in [-0.39, 0.29) is 5.91 Å². The second-order valence-corrected chi connectivity index (χ2v) is 7.45. The fourth-order valence-electron chi connectivity index (χ4n) is 3.56. The van der Waals surface area contributed by atoms with Gasteiger partial charge in [-0.3, -0.25) is 9.69 Å². The highest BCUT2D eigenvalue weighted by molar-refractivity contribution is 5.85. The zero-order chi connectivity index (χ0) is 22.1. The summed E-state index contributed by atoms with van der Waals surface area (Å²) in [5.41, 5.74) is 0.808. The summed E-state index contributed by atoms with van der Waals surface area (Å²) in [4.78, 5) is 19.2. The fourth-order valence-corrected chi connectivity index (χ4v) is 3.56. The molecule has 7 nitrogen and oxygen atoms in total. The Labute approximate surface area is 183 Å². The van der Waals surface area contributed by atoms with Crippen molar-refractivity contribution >= 4 is 5.91 Å². The summed E-state index contributed by atoms with van der Waals surface area (Å²) in [5.74, 6) is 0.405. The molecule has 1 fully saturated rings. The quantitative estimate of drug-likeness (QED) is 0.639. The van der Waals surface area contributed by atoms with Gasteiger partial charge in [0.2, 0.25) is 0 Å². The highest BCUT2D eigenvalue weighted by Crippen LogP contribution is 2.24. The zero-order valence-electron chi connectivity index (χ0n) is 18.2. The van der Waals surface area contributed by atoms with Crippen molar-refractivity contribution in [2.75, 3.05) is 13.1 Å². The van der Waals surface area contributed by atoms with Gasteiger partial charge >= 0.3 is 0 Å². The van der Waals surface area contributed by atoms with Gasteiger partial charge < -0.3 is 10.4 Å². The van der Waals surface area contributed by atoms with Crippen LogP contribution in [-0.2, 0) is 17.9 Å². The molecule has 3 heterocycles. The number of nitrogens with one attached hydrogen (secondary N) is 1. The van der Waals surface area contributed by atoms with E-state index in [2.05, 4.69) is 32.4 Å². The van der Waals surface area contributed by atoms with E-state index in [1.807, 2.05) is 56.4 Å². The smallest absolute Gasteiger partial charge is 0.252 e. The highest BCUT2D eigenvalue weighted by Gasteiger charge is 2.39. The summed E-state index contributed by atoms with van der Waals surface area (Å²) >= 11 is 0. The van der Waals surface area contributed by atoms with Gasteiger partial charge in [0.05, 0.1) is 0 Å². The van der Waals surface area contributed by atoms with Crippen molar-refractivity contribution in [2.45, 2.75) is 45.4 Å². The van der Waals surface area contributed by atoms with E-state index in [1.54, 1.807) is 17.1 Å². The predicted molar refractivity (Wildman–Crippen MR) is 120 cm³/mol. The van der Waals surface area contributed by atoms with Crippen LogP contribution in [0.4, 0.5) is 0 Å².